The van der Waals surface area contributed by atoms with Gasteiger partial charge in [0, 0.05) is 12.6 Å². The summed E-state index contributed by atoms with van der Waals surface area (Å²) in [5.74, 6) is -0.328. The number of nitrogens with one attached hydrogen (secondary N) is 1. The number of hydrogen-bond acceptors (Lipinski definition) is 3. The number of nitrogens with zero attached hydrogens (tertiary/aromatic N) is 2. The molecule has 3 aromatic rings. The predicted octanol–water partition coefficient (Wildman–Crippen LogP) is 4.69. The molecule has 0 radical (unpaired) electrons. The normalized spacial score (nSPS) is 11.3. The molecule has 0 aliphatic carbocycles. The van der Waals surface area contributed by atoms with Crippen LogP contribution in [-0.2, 0) is 11.2 Å². The third kappa shape index (κ3) is 6.10. The second kappa shape index (κ2) is 8.81. The second-order valence-electron chi connectivity index (χ2n) is 6.58. The smallest absolute Gasteiger partial charge is 0.422 e. The maximum absolute atomic E-state index is 12.4. The molecule has 152 valence electrons. The summed E-state index contributed by atoms with van der Waals surface area (Å²) in [4.78, 5) is 12.3. The number of halogens is 3. The summed E-state index contributed by atoms with van der Waals surface area (Å²) in [6, 6.07) is 14.3. The van der Waals surface area contributed by atoms with Gasteiger partial charge in [-0.3, -0.25) is 4.79 Å². The van der Waals surface area contributed by atoms with Crippen LogP contribution in [0.5, 0.6) is 5.75 Å². The highest BCUT2D eigenvalue weighted by Crippen LogP contribution is 2.28. The highest BCUT2D eigenvalue weighted by molar-refractivity contribution is 5.92. The highest BCUT2D eigenvalue weighted by atomic mass is 19.4. The Morgan fingerprint density at radius 3 is 2.66 bits per heavy atom. The molecule has 8 heteroatoms. The predicted molar refractivity (Wildman–Crippen MR) is 103 cm³/mol. The van der Waals surface area contributed by atoms with E-state index in [1.165, 1.54) is 12.1 Å². The van der Waals surface area contributed by atoms with Crippen molar-refractivity contribution in [3.63, 3.8) is 0 Å². The number of hydrogen-bond donors (Lipinski definition) is 1. The largest absolute Gasteiger partial charge is 0.482 e. The molecule has 29 heavy (non-hydrogen) atoms. The van der Waals surface area contributed by atoms with E-state index in [-0.39, 0.29) is 23.8 Å². The Morgan fingerprint density at radius 1 is 1.17 bits per heavy atom. The number of para-hydroxylation sites is 1. The molecule has 0 saturated heterocycles. The van der Waals surface area contributed by atoms with Crippen molar-refractivity contribution in [3.05, 3.63) is 72.1 Å². The number of carbonyl (C=O) groups is 1. The standard InChI is InChI=1S/C21H20F3N3O2/c1-15-7-9-18(19(11-15)29-14-21(22,23)24)26-20(28)10-8-16-12-25-27(13-16)17-5-3-2-4-6-17/h2-7,9,11-13H,8,10,14H2,1H3,(H,26,28). The van der Waals surface area contributed by atoms with Gasteiger partial charge in [-0.1, -0.05) is 24.3 Å². The molecule has 1 aromatic heterocycles. The summed E-state index contributed by atoms with van der Waals surface area (Å²) in [7, 11) is 0. The Labute approximate surface area is 166 Å². The van der Waals surface area contributed by atoms with Crippen molar-refractivity contribution < 1.29 is 22.7 Å². The van der Waals surface area contributed by atoms with Crippen LogP contribution in [-0.4, -0.2) is 28.5 Å². The molecule has 0 saturated carbocycles. The summed E-state index contributed by atoms with van der Waals surface area (Å²) < 4.78 is 43.9. The van der Waals surface area contributed by atoms with Gasteiger partial charge in [0.1, 0.15) is 5.75 Å². The maximum atomic E-state index is 12.4. The number of rotatable bonds is 7. The van der Waals surface area contributed by atoms with E-state index in [4.69, 9.17) is 4.74 Å². The fourth-order valence-corrected chi connectivity index (χ4v) is 2.69. The Balaban J connectivity index is 1.59. The number of carbonyl (C=O) groups excluding carboxylic acids is 1. The molecule has 0 spiro atoms. The third-order valence-electron chi connectivity index (χ3n) is 4.10. The van der Waals surface area contributed by atoms with Crippen molar-refractivity contribution in [2.24, 2.45) is 0 Å². The Bertz CT molecular complexity index is 969. The molecule has 3 rings (SSSR count). The first-order valence-corrected chi connectivity index (χ1v) is 8.99. The van der Waals surface area contributed by atoms with E-state index in [0.717, 1.165) is 16.8 Å². The quantitative estimate of drug-likeness (QED) is 0.623. The van der Waals surface area contributed by atoms with Crippen molar-refractivity contribution >= 4 is 11.6 Å². The molecule has 0 fully saturated rings. The molecule has 0 atom stereocenters. The van der Waals surface area contributed by atoms with E-state index in [2.05, 4.69) is 10.4 Å². The molecule has 1 heterocycles. The van der Waals surface area contributed by atoms with E-state index in [0.29, 0.717) is 6.42 Å². The number of ether oxygens (including phenoxy) is 1. The van der Waals surface area contributed by atoms with Crippen molar-refractivity contribution in [1.82, 2.24) is 9.78 Å². The van der Waals surface area contributed by atoms with Crippen LogP contribution in [0.15, 0.2) is 60.9 Å². The number of amides is 1. The Hall–Kier alpha value is -3.29. The van der Waals surface area contributed by atoms with Crippen LogP contribution >= 0.6 is 0 Å². The lowest BCUT2D eigenvalue weighted by Gasteiger charge is -2.14. The van der Waals surface area contributed by atoms with Crippen molar-refractivity contribution in [3.8, 4) is 11.4 Å². The molecule has 2 aromatic carbocycles. The van der Waals surface area contributed by atoms with Gasteiger partial charge in [0.2, 0.25) is 5.91 Å². The lowest BCUT2D eigenvalue weighted by molar-refractivity contribution is -0.153. The molecular weight excluding hydrogens is 383 g/mol. The summed E-state index contributed by atoms with van der Waals surface area (Å²) in [5, 5.41) is 6.90. The first-order chi connectivity index (χ1) is 13.8. The first kappa shape index (κ1) is 20.4. The second-order valence-corrected chi connectivity index (χ2v) is 6.58. The number of aryl methyl sites for hydroxylation is 2. The fraction of sp³-hybridized carbons (Fsp3) is 0.238. The molecular formula is C21H20F3N3O2. The summed E-state index contributed by atoms with van der Waals surface area (Å²) in [6.07, 6.45) is -0.323. The summed E-state index contributed by atoms with van der Waals surface area (Å²) >= 11 is 0. The molecule has 1 amide bonds. The van der Waals surface area contributed by atoms with Gasteiger partial charge in [-0.15, -0.1) is 0 Å². The first-order valence-electron chi connectivity index (χ1n) is 8.99. The van der Waals surface area contributed by atoms with Gasteiger partial charge >= 0.3 is 6.18 Å². The molecule has 0 aliphatic rings. The van der Waals surface area contributed by atoms with Crippen LogP contribution < -0.4 is 10.1 Å². The van der Waals surface area contributed by atoms with E-state index in [1.807, 2.05) is 36.5 Å². The molecule has 5 nitrogen and oxygen atoms in total. The monoisotopic (exact) mass is 403 g/mol. The zero-order valence-corrected chi connectivity index (χ0v) is 15.7. The van der Waals surface area contributed by atoms with Crippen LogP contribution in [0.4, 0.5) is 18.9 Å². The minimum Gasteiger partial charge on any atom is -0.482 e. The number of aromatic nitrogens is 2. The molecule has 0 unspecified atom stereocenters. The van der Waals surface area contributed by atoms with Gasteiger partial charge in [0.05, 0.1) is 17.6 Å². The third-order valence-corrected chi connectivity index (χ3v) is 4.10. The SMILES string of the molecule is Cc1ccc(NC(=O)CCc2cnn(-c3ccccc3)c2)c(OCC(F)(F)F)c1. The zero-order valence-electron chi connectivity index (χ0n) is 15.7. The van der Waals surface area contributed by atoms with Gasteiger partial charge in [0.15, 0.2) is 6.61 Å². The fourth-order valence-electron chi connectivity index (χ4n) is 2.69. The Morgan fingerprint density at radius 2 is 1.93 bits per heavy atom. The van der Waals surface area contributed by atoms with Crippen molar-refractivity contribution in [2.45, 2.75) is 25.9 Å². The number of benzene rings is 2. The Kier molecular flexibility index (Phi) is 6.21. The van der Waals surface area contributed by atoms with Crippen LogP contribution in [0, 0.1) is 6.92 Å². The zero-order chi connectivity index (χ0) is 20.9. The van der Waals surface area contributed by atoms with Crippen LogP contribution in [0.25, 0.3) is 5.69 Å². The van der Waals surface area contributed by atoms with Crippen LogP contribution in [0.2, 0.25) is 0 Å². The van der Waals surface area contributed by atoms with Crippen molar-refractivity contribution in [1.29, 1.82) is 0 Å². The van der Waals surface area contributed by atoms with E-state index in [9.17, 15) is 18.0 Å². The number of anilines is 1. The minimum atomic E-state index is -4.45. The number of alkyl halides is 3. The van der Waals surface area contributed by atoms with Gasteiger partial charge in [-0.05, 0) is 48.7 Å². The van der Waals surface area contributed by atoms with Gasteiger partial charge in [-0.2, -0.15) is 18.3 Å². The maximum Gasteiger partial charge on any atom is 0.422 e. The highest BCUT2D eigenvalue weighted by Gasteiger charge is 2.29. The molecule has 1 N–H and O–H groups in total. The van der Waals surface area contributed by atoms with E-state index < -0.39 is 12.8 Å². The molecule has 0 aliphatic heterocycles. The minimum absolute atomic E-state index is 0.00688. The average Bonchev–Trinajstić information content (AvgIpc) is 3.16. The lowest BCUT2D eigenvalue weighted by Crippen LogP contribution is -2.20. The summed E-state index contributed by atoms with van der Waals surface area (Å²) in [6.45, 7) is 0.314. The van der Waals surface area contributed by atoms with E-state index >= 15 is 0 Å². The van der Waals surface area contributed by atoms with E-state index in [1.54, 1.807) is 23.9 Å². The van der Waals surface area contributed by atoms with Gasteiger partial charge < -0.3 is 10.1 Å². The summed E-state index contributed by atoms with van der Waals surface area (Å²) in [5.41, 5.74) is 2.73. The molecule has 0 bridgehead atoms. The van der Waals surface area contributed by atoms with Gasteiger partial charge in [-0.25, -0.2) is 4.68 Å². The van der Waals surface area contributed by atoms with Crippen molar-refractivity contribution in [2.75, 3.05) is 11.9 Å². The topological polar surface area (TPSA) is 56.2 Å². The lowest BCUT2D eigenvalue weighted by atomic mass is 10.1. The van der Waals surface area contributed by atoms with Crippen LogP contribution in [0.3, 0.4) is 0 Å². The van der Waals surface area contributed by atoms with Gasteiger partial charge in [0.25, 0.3) is 0 Å². The van der Waals surface area contributed by atoms with Crippen LogP contribution in [0.1, 0.15) is 17.5 Å². The average molecular weight is 403 g/mol.